The first-order valence-electron chi connectivity index (χ1n) is 6.39. The van der Waals surface area contributed by atoms with Gasteiger partial charge in [-0.2, -0.15) is 0 Å². The van der Waals surface area contributed by atoms with Gasteiger partial charge in [-0.15, -0.1) is 10.2 Å². The van der Waals surface area contributed by atoms with Crippen LogP contribution < -0.4 is 11.4 Å². The average molecular weight is 302 g/mol. The van der Waals surface area contributed by atoms with Gasteiger partial charge in [0.1, 0.15) is 11.6 Å². The molecular formula is C13H14N6OS. The molecule has 0 aliphatic heterocycles. The molecule has 0 saturated carbocycles. The third-order valence-electron chi connectivity index (χ3n) is 3.13. The predicted octanol–water partition coefficient (Wildman–Crippen LogP) is 1.39. The van der Waals surface area contributed by atoms with Crippen molar-refractivity contribution < 1.29 is 0 Å². The summed E-state index contributed by atoms with van der Waals surface area (Å²) in [5.74, 6) is 7.04. The summed E-state index contributed by atoms with van der Waals surface area (Å²) in [6.07, 6.45) is 0. The van der Waals surface area contributed by atoms with E-state index in [4.69, 9.17) is 5.84 Å². The molecule has 0 aliphatic rings. The molecule has 1 atom stereocenters. The molecule has 0 amide bonds. The van der Waals surface area contributed by atoms with Gasteiger partial charge in [-0.05, 0) is 26.0 Å². The van der Waals surface area contributed by atoms with E-state index >= 15 is 0 Å². The van der Waals surface area contributed by atoms with E-state index in [0.717, 1.165) is 0 Å². The zero-order valence-corrected chi connectivity index (χ0v) is 12.4. The van der Waals surface area contributed by atoms with Gasteiger partial charge in [0.05, 0.1) is 16.2 Å². The van der Waals surface area contributed by atoms with Crippen LogP contribution in [0.15, 0.2) is 34.2 Å². The minimum absolute atomic E-state index is 0.104. The Labute approximate surface area is 124 Å². The number of para-hydroxylation sites is 1. The first-order chi connectivity index (χ1) is 10.1. The van der Waals surface area contributed by atoms with Crippen LogP contribution in [-0.2, 0) is 0 Å². The van der Waals surface area contributed by atoms with Crippen molar-refractivity contribution in [3.63, 3.8) is 0 Å². The highest BCUT2D eigenvalue weighted by Gasteiger charge is 2.16. The summed E-state index contributed by atoms with van der Waals surface area (Å²) in [5, 5.41) is 8.96. The SMILES string of the molecule is Cc1nnc(S[C@H](C)c2nc3ccccc3c(=O)[nH]2)n1N. The molecule has 3 N–H and O–H groups in total. The highest BCUT2D eigenvalue weighted by molar-refractivity contribution is 7.99. The lowest BCUT2D eigenvalue weighted by Gasteiger charge is -2.10. The standard InChI is InChI=1S/C13H14N6OS/c1-7(21-13-18-17-8(2)19(13)14)11-15-10-6-4-3-5-9(10)12(20)16-11/h3-7H,14H2,1-2H3,(H,15,16,20)/t7-/m1/s1. The third-order valence-corrected chi connectivity index (χ3v) is 4.20. The molecule has 3 rings (SSSR count). The van der Waals surface area contributed by atoms with Crippen LogP contribution in [0.3, 0.4) is 0 Å². The molecular weight excluding hydrogens is 288 g/mol. The zero-order chi connectivity index (χ0) is 15.0. The molecule has 1 aromatic carbocycles. The number of aromatic amines is 1. The smallest absolute Gasteiger partial charge is 0.258 e. The van der Waals surface area contributed by atoms with Gasteiger partial charge in [-0.3, -0.25) is 4.79 Å². The van der Waals surface area contributed by atoms with Gasteiger partial charge in [-0.25, -0.2) is 9.66 Å². The second-order valence-electron chi connectivity index (χ2n) is 4.63. The number of benzene rings is 1. The van der Waals surface area contributed by atoms with Crippen LogP contribution in [0.25, 0.3) is 10.9 Å². The number of aryl methyl sites for hydroxylation is 1. The second-order valence-corrected chi connectivity index (χ2v) is 5.94. The molecule has 0 spiro atoms. The van der Waals surface area contributed by atoms with Crippen LogP contribution in [0.4, 0.5) is 0 Å². The highest BCUT2D eigenvalue weighted by Crippen LogP contribution is 2.31. The average Bonchev–Trinajstić information content (AvgIpc) is 2.79. The fourth-order valence-corrected chi connectivity index (χ4v) is 2.81. The molecule has 8 heteroatoms. The molecule has 3 aromatic rings. The minimum atomic E-state index is -0.145. The number of fused-ring (bicyclic) bond motifs is 1. The number of nitrogens with zero attached hydrogens (tertiary/aromatic N) is 4. The predicted molar refractivity (Wildman–Crippen MR) is 81.5 cm³/mol. The molecule has 0 aliphatic carbocycles. The molecule has 2 heterocycles. The maximum atomic E-state index is 12.1. The van der Waals surface area contributed by atoms with Crippen LogP contribution in [-0.4, -0.2) is 24.8 Å². The summed E-state index contributed by atoms with van der Waals surface area (Å²) in [4.78, 5) is 19.4. The van der Waals surface area contributed by atoms with Crippen molar-refractivity contribution in [3.05, 3.63) is 46.3 Å². The monoisotopic (exact) mass is 302 g/mol. The number of nitrogens with one attached hydrogen (secondary N) is 1. The van der Waals surface area contributed by atoms with Crippen LogP contribution in [0, 0.1) is 6.92 Å². The van der Waals surface area contributed by atoms with E-state index in [0.29, 0.717) is 27.7 Å². The molecule has 2 aromatic heterocycles. The van der Waals surface area contributed by atoms with Crippen molar-refractivity contribution in [3.8, 4) is 0 Å². The molecule has 0 unspecified atom stereocenters. The van der Waals surface area contributed by atoms with E-state index in [-0.39, 0.29) is 10.8 Å². The van der Waals surface area contributed by atoms with E-state index in [1.807, 2.05) is 25.1 Å². The Kier molecular flexibility index (Phi) is 3.38. The number of thioether (sulfide) groups is 1. The normalized spacial score (nSPS) is 12.7. The Balaban J connectivity index is 1.96. The van der Waals surface area contributed by atoms with Gasteiger partial charge < -0.3 is 10.8 Å². The Morgan fingerprint density at radius 3 is 2.81 bits per heavy atom. The fraction of sp³-hybridized carbons (Fsp3) is 0.231. The van der Waals surface area contributed by atoms with Crippen molar-refractivity contribution >= 4 is 22.7 Å². The first kappa shape index (κ1) is 13.6. The van der Waals surface area contributed by atoms with E-state index in [1.165, 1.54) is 16.4 Å². The van der Waals surface area contributed by atoms with E-state index in [2.05, 4.69) is 20.2 Å². The molecule has 0 bridgehead atoms. The number of hydrogen-bond acceptors (Lipinski definition) is 6. The van der Waals surface area contributed by atoms with Crippen LogP contribution in [0.2, 0.25) is 0 Å². The van der Waals surface area contributed by atoms with Gasteiger partial charge in [0.2, 0.25) is 5.16 Å². The second kappa shape index (κ2) is 5.21. The summed E-state index contributed by atoms with van der Waals surface area (Å²) in [5.41, 5.74) is 0.530. The quantitative estimate of drug-likeness (QED) is 0.560. The van der Waals surface area contributed by atoms with Crippen molar-refractivity contribution in [2.75, 3.05) is 5.84 Å². The van der Waals surface area contributed by atoms with Gasteiger partial charge in [0, 0.05) is 0 Å². The molecule has 0 fully saturated rings. The molecule has 21 heavy (non-hydrogen) atoms. The largest absolute Gasteiger partial charge is 0.336 e. The lowest BCUT2D eigenvalue weighted by molar-refractivity contribution is 0.815. The van der Waals surface area contributed by atoms with Gasteiger partial charge in [0.15, 0.2) is 0 Å². The lowest BCUT2D eigenvalue weighted by atomic mass is 10.2. The molecule has 0 saturated heterocycles. The van der Waals surface area contributed by atoms with E-state index in [9.17, 15) is 4.79 Å². The van der Waals surface area contributed by atoms with Gasteiger partial charge in [-0.1, -0.05) is 23.9 Å². The summed E-state index contributed by atoms with van der Waals surface area (Å²) >= 11 is 1.39. The van der Waals surface area contributed by atoms with Crippen LogP contribution >= 0.6 is 11.8 Å². The van der Waals surface area contributed by atoms with Crippen molar-refractivity contribution in [1.82, 2.24) is 24.8 Å². The summed E-state index contributed by atoms with van der Waals surface area (Å²) in [7, 11) is 0. The highest BCUT2D eigenvalue weighted by atomic mass is 32.2. The van der Waals surface area contributed by atoms with Crippen molar-refractivity contribution in [2.24, 2.45) is 0 Å². The minimum Gasteiger partial charge on any atom is -0.336 e. The maximum Gasteiger partial charge on any atom is 0.258 e. The number of rotatable bonds is 3. The Bertz CT molecular complexity index is 855. The summed E-state index contributed by atoms with van der Waals surface area (Å²) in [6.45, 7) is 3.71. The van der Waals surface area contributed by atoms with Crippen molar-refractivity contribution in [1.29, 1.82) is 0 Å². The summed E-state index contributed by atoms with van der Waals surface area (Å²) < 4.78 is 1.42. The lowest BCUT2D eigenvalue weighted by Crippen LogP contribution is -2.14. The number of aromatic nitrogens is 5. The number of hydrogen-bond donors (Lipinski definition) is 2. The van der Waals surface area contributed by atoms with Crippen LogP contribution in [0.5, 0.6) is 0 Å². The topological polar surface area (TPSA) is 102 Å². The molecule has 7 nitrogen and oxygen atoms in total. The van der Waals surface area contributed by atoms with Gasteiger partial charge >= 0.3 is 0 Å². The van der Waals surface area contributed by atoms with E-state index in [1.54, 1.807) is 13.0 Å². The Hall–Kier alpha value is -2.35. The van der Waals surface area contributed by atoms with Crippen LogP contribution in [0.1, 0.15) is 23.8 Å². The third kappa shape index (κ3) is 2.49. The maximum absolute atomic E-state index is 12.1. The Morgan fingerprint density at radius 1 is 1.33 bits per heavy atom. The summed E-state index contributed by atoms with van der Waals surface area (Å²) in [6, 6.07) is 7.25. The first-order valence-corrected chi connectivity index (χ1v) is 7.27. The molecule has 108 valence electrons. The number of nitrogen functional groups attached to an aromatic ring is 1. The molecule has 0 radical (unpaired) electrons. The van der Waals surface area contributed by atoms with Gasteiger partial charge in [0.25, 0.3) is 5.56 Å². The fourth-order valence-electron chi connectivity index (χ4n) is 1.94. The Morgan fingerprint density at radius 2 is 2.10 bits per heavy atom. The number of nitrogens with two attached hydrogens (primary N) is 1. The van der Waals surface area contributed by atoms with E-state index < -0.39 is 0 Å². The number of H-pyrrole nitrogens is 1. The van der Waals surface area contributed by atoms with Crippen molar-refractivity contribution in [2.45, 2.75) is 24.3 Å². The zero-order valence-electron chi connectivity index (χ0n) is 11.6.